The third-order valence-electron chi connectivity index (χ3n) is 3.92. The standard InChI is InChI=1S/C16H15ClFNO3/c1-21-16(20)13-14(9-4-2-3-5-9)22-15(19-13)10-6-7-12(18)11(17)8-10/h6-9H,2-5H2,1H3. The number of rotatable bonds is 3. The highest BCUT2D eigenvalue weighted by Crippen LogP contribution is 2.38. The number of halogens is 2. The van der Waals surface area contributed by atoms with Gasteiger partial charge in [-0.1, -0.05) is 24.4 Å². The molecule has 1 aromatic carbocycles. The quantitative estimate of drug-likeness (QED) is 0.776. The fourth-order valence-electron chi connectivity index (χ4n) is 2.79. The number of benzene rings is 1. The molecule has 0 radical (unpaired) electrons. The van der Waals surface area contributed by atoms with Crippen LogP contribution in [0.1, 0.15) is 47.8 Å². The summed E-state index contributed by atoms with van der Waals surface area (Å²) in [6, 6.07) is 4.20. The summed E-state index contributed by atoms with van der Waals surface area (Å²) in [7, 11) is 1.31. The Labute approximate surface area is 132 Å². The molecule has 22 heavy (non-hydrogen) atoms. The molecule has 1 aromatic heterocycles. The van der Waals surface area contributed by atoms with E-state index in [0.29, 0.717) is 11.3 Å². The number of esters is 1. The van der Waals surface area contributed by atoms with Crippen molar-refractivity contribution in [3.8, 4) is 11.5 Å². The minimum atomic E-state index is -0.523. The Bertz CT molecular complexity index is 707. The van der Waals surface area contributed by atoms with Crippen molar-refractivity contribution in [3.05, 3.63) is 40.5 Å². The number of carbonyl (C=O) groups is 1. The molecule has 116 valence electrons. The Kier molecular flexibility index (Phi) is 4.16. The second kappa shape index (κ2) is 6.08. The smallest absolute Gasteiger partial charge is 0.360 e. The largest absolute Gasteiger partial charge is 0.464 e. The van der Waals surface area contributed by atoms with E-state index in [2.05, 4.69) is 4.98 Å². The van der Waals surface area contributed by atoms with Gasteiger partial charge in [0.15, 0.2) is 5.69 Å². The molecule has 1 saturated carbocycles. The Morgan fingerprint density at radius 1 is 1.41 bits per heavy atom. The van der Waals surface area contributed by atoms with Crippen molar-refractivity contribution in [1.82, 2.24) is 4.98 Å². The van der Waals surface area contributed by atoms with Crippen LogP contribution in [-0.4, -0.2) is 18.1 Å². The molecule has 4 nitrogen and oxygen atoms in total. The summed E-state index contributed by atoms with van der Waals surface area (Å²) in [6.07, 6.45) is 4.12. The van der Waals surface area contributed by atoms with E-state index in [1.807, 2.05) is 0 Å². The van der Waals surface area contributed by atoms with Crippen LogP contribution in [0.25, 0.3) is 11.5 Å². The lowest BCUT2D eigenvalue weighted by Gasteiger charge is -2.05. The predicted octanol–water partition coefficient (Wildman–Crippen LogP) is 4.58. The fourth-order valence-corrected chi connectivity index (χ4v) is 2.97. The van der Waals surface area contributed by atoms with Crippen molar-refractivity contribution in [2.75, 3.05) is 7.11 Å². The number of carbonyl (C=O) groups excluding carboxylic acids is 1. The van der Waals surface area contributed by atoms with Crippen LogP contribution in [0.5, 0.6) is 0 Å². The molecule has 0 unspecified atom stereocenters. The minimum absolute atomic E-state index is 0.0160. The maximum absolute atomic E-state index is 13.3. The van der Waals surface area contributed by atoms with Gasteiger partial charge in [0.2, 0.25) is 5.89 Å². The number of methoxy groups -OCH3 is 1. The number of nitrogens with zero attached hydrogens (tertiary/aromatic N) is 1. The van der Waals surface area contributed by atoms with E-state index in [1.54, 1.807) is 0 Å². The summed E-state index contributed by atoms with van der Waals surface area (Å²) in [4.78, 5) is 16.2. The lowest BCUT2D eigenvalue weighted by molar-refractivity contribution is 0.0591. The summed E-state index contributed by atoms with van der Waals surface area (Å²) in [5.41, 5.74) is 0.727. The molecule has 0 aliphatic heterocycles. The second-order valence-corrected chi connectivity index (χ2v) is 5.74. The fraction of sp³-hybridized carbons (Fsp3) is 0.375. The van der Waals surface area contributed by atoms with Crippen molar-refractivity contribution in [1.29, 1.82) is 0 Å². The molecule has 0 saturated heterocycles. The maximum atomic E-state index is 13.3. The molecule has 0 amide bonds. The van der Waals surface area contributed by atoms with Crippen LogP contribution < -0.4 is 0 Å². The molecule has 2 aromatic rings. The van der Waals surface area contributed by atoms with Gasteiger partial charge in [-0.2, -0.15) is 0 Å². The lowest BCUT2D eigenvalue weighted by atomic mass is 10.0. The van der Waals surface area contributed by atoms with Gasteiger partial charge in [-0.05, 0) is 31.0 Å². The Morgan fingerprint density at radius 3 is 2.77 bits per heavy atom. The third-order valence-corrected chi connectivity index (χ3v) is 4.21. The third kappa shape index (κ3) is 2.73. The molecule has 0 bridgehead atoms. The molecule has 0 N–H and O–H groups in total. The van der Waals surface area contributed by atoms with Crippen molar-refractivity contribution in [2.45, 2.75) is 31.6 Å². The van der Waals surface area contributed by atoms with Gasteiger partial charge in [-0.25, -0.2) is 14.2 Å². The Hall–Kier alpha value is -1.88. The molecule has 3 rings (SSSR count). The zero-order valence-corrected chi connectivity index (χ0v) is 12.8. The highest BCUT2D eigenvalue weighted by atomic mass is 35.5. The van der Waals surface area contributed by atoms with Gasteiger partial charge >= 0.3 is 5.97 Å². The van der Waals surface area contributed by atoms with E-state index in [4.69, 9.17) is 20.8 Å². The summed E-state index contributed by atoms with van der Waals surface area (Å²) in [6.45, 7) is 0. The van der Waals surface area contributed by atoms with E-state index in [0.717, 1.165) is 25.7 Å². The van der Waals surface area contributed by atoms with Crippen LogP contribution >= 0.6 is 11.6 Å². The second-order valence-electron chi connectivity index (χ2n) is 5.33. The van der Waals surface area contributed by atoms with Crippen LogP contribution in [0.2, 0.25) is 5.02 Å². The van der Waals surface area contributed by atoms with Crippen LogP contribution in [0.4, 0.5) is 4.39 Å². The highest BCUT2D eigenvalue weighted by molar-refractivity contribution is 6.31. The van der Waals surface area contributed by atoms with Crippen LogP contribution in [0, 0.1) is 5.82 Å². The Morgan fingerprint density at radius 2 is 2.14 bits per heavy atom. The molecule has 0 atom stereocenters. The van der Waals surface area contributed by atoms with Gasteiger partial charge in [-0.15, -0.1) is 0 Å². The first-order valence-corrected chi connectivity index (χ1v) is 7.52. The number of oxazole rings is 1. The molecule has 6 heteroatoms. The Balaban J connectivity index is 2.04. The lowest BCUT2D eigenvalue weighted by Crippen LogP contribution is -2.07. The van der Waals surface area contributed by atoms with Crippen LogP contribution in [-0.2, 0) is 4.74 Å². The molecule has 1 fully saturated rings. The first-order chi connectivity index (χ1) is 10.6. The van der Waals surface area contributed by atoms with Crippen LogP contribution in [0.3, 0.4) is 0 Å². The van der Waals surface area contributed by atoms with Gasteiger partial charge in [0, 0.05) is 11.5 Å². The average molecular weight is 324 g/mol. The maximum Gasteiger partial charge on any atom is 0.360 e. The van der Waals surface area contributed by atoms with Gasteiger partial charge in [0.05, 0.1) is 12.1 Å². The topological polar surface area (TPSA) is 52.3 Å². The van der Waals surface area contributed by atoms with E-state index in [9.17, 15) is 9.18 Å². The average Bonchev–Trinajstić information content (AvgIpc) is 3.17. The monoisotopic (exact) mass is 323 g/mol. The van der Waals surface area contributed by atoms with Crippen molar-refractivity contribution in [2.24, 2.45) is 0 Å². The van der Waals surface area contributed by atoms with Gasteiger partial charge in [-0.3, -0.25) is 0 Å². The van der Waals surface area contributed by atoms with Crippen molar-refractivity contribution >= 4 is 17.6 Å². The van der Waals surface area contributed by atoms with Crippen LogP contribution in [0.15, 0.2) is 22.6 Å². The molecular formula is C16H15ClFNO3. The zero-order chi connectivity index (χ0) is 15.7. The SMILES string of the molecule is COC(=O)c1nc(-c2ccc(F)c(Cl)c2)oc1C1CCCC1. The summed E-state index contributed by atoms with van der Waals surface area (Å²) >= 11 is 5.79. The molecule has 1 heterocycles. The van der Waals surface area contributed by atoms with Gasteiger partial charge < -0.3 is 9.15 Å². The molecular weight excluding hydrogens is 309 g/mol. The minimum Gasteiger partial charge on any atom is -0.464 e. The summed E-state index contributed by atoms with van der Waals surface area (Å²) in [5, 5.41) is -0.0160. The van der Waals surface area contributed by atoms with Crippen molar-refractivity contribution < 1.29 is 18.3 Å². The summed E-state index contributed by atoms with van der Waals surface area (Å²) in [5.74, 6) is -0.0541. The molecule has 1 aliphatic rings. The van der Waals surface area contributed by atoms with Gasteiger partial charge in [0.25, 0.3) is 0 Å². The van der Waals surface area contributed by atoms with E-state index < -0.39 is 11.8 Å². The first kappa shape index (κ1) is 15.0. The molecule has 0 spiro atoms. The normalized spacial score (nSPS) is 15.2. The number of hydrogen-bond acceptors (Lipinski definition) is 4. The van der Waals surface area contributed by atoms with E-state index >= 15 is 0 Å². The number of hydrogen-bond donors (Lipinski definition) is 0. The van der Waals surface area contributed by atoms with Crippen molar-refractivity contribution in [3.63, 3.8) is 0 Å². The summed E-state index contributed by atoms with van der Waals surface area (Å²) < 4.78 is 23.9. The van der Waals surface area contributed by atoms with E-state index in [1.165, 1.54) is 25.3 Å². The first-order valence-electron chi connectivity index (χ1n) is 7.14. The zero-order valence-electron chi connectivity index (χ0n) is 12.1. The van der Waals surface area contributed by atoms with E-state index in [-0.39, 0.29) is 22.5 Å². The predicted molar refractivity (Wildman–Crippen MR) is 79.5 cm³/mol. The number of ether oxygens (including phenoxy) is 1. The highest BCUT2D eigenvalue weighted by Gasteiger charge is 2.29. The van der Waals surface area contributed by atoms with Gasteiger partial charge in [0.1, 0.15) is 11.6 Å². The molecule has 1 aliphatic carbocycles. The number of aromatic nitrogens is 1.